The summed E-state index contributed by atoms with van der Waals surface area (Å²) in [5.74, 6) is -0.823. The number of benzene rings is 1. The number of carbonyl (C=O) groups is 1. The van der Waals surface area contributed by atoms with E-state index in [0.717, 1.165) is 12.8 Å². The minimum absolute atomic E-state index is 0.0976. The molecule has 0 atom stereocenters. The van der Waals surface area contributed by atoms with E-state index in [-0.39, 0.29) is 11.5 Å². The summed E-state index contributed by atoms with van der Waals surface area (Å²) in [5.41, 5.74) is 0.0976. The topological polar surface area (TPSA) is 29.1 Å². The van der Waals surface area contributed by atoms with E-state index in [1.807, 2.05) is 0 Å². The number of hydrogen-bond acceptors (Lipinski definition) is 1. The zero-order chi connectivity index (χ0) is 14.1. The van der Waals surface area contributed by atoms with Gasteiger partial charge < -0.3 is 5.32 Å². The average Bonchev–Trinajstić information content (AvgIpc) is 2.40. The lowest BCUT2D eigenvalue weighted by molar-refractivity contribution is 0.0949. The van der Waals surface area contributed by atoms with Crippen LogP contribution in [0, 0.1) is 5.82 Å². The third kappa shape index (κ3) is 6.19. The van der Waals surface area contributed by atoms with Crippen LogP contribution in [0.25, 0.3) is 0 Å². The molecule has 0 saturated carbocycles. The first kappa shape index (κ1) is 16.2. The molecule has 0 bridgehead atoms. The number of halogens is 2. The lowest BCUT2D eigenvalue weighted by atomic mass is 10.1. The molecule has 1 aromatic carbocycles. The quantitative estimate of drug-likeness (QED) is 0.689. The highest BCUT2D eigenvalue weighted by atomic mass is 79.9. The van der Waals surface area contributed by atoms with Crippen molar-refractivity contribution in [2.75, 3.05) is 6.54 Å². The van der Waals surface area contributed by atoms with Gasteiger partial charge in [-0.25, -0.2) is 4.39 Å². The van der Waals surface area contributed by atoms with Crippen molar-refractivity contribution in [2.45, 2.75) is 45.4 Å². The Bertz CT molecular complexity index is 409. The largest absolute Gasteiger partial charge is 0.352 e. The first-order valence-corrected chi connectivity index (χ1v) is 7.67. The Hall–Kier alpha value is -0.900. The highest BCUT2D eigenvalue weighted by Crippen LogP contribution is 2.15. The van der Waals surface area contributed by atoms with Gasteiger partial charge in [0.05, 0.1) is 5.56 Å². The molecule has 4 heteroatoms. The van der Waals surface area contributed by atoms with Gasteiger partial charge >= 0.3 is 0 Å². The second-order valence-electron chi connectivity index (χ2n) is 4.65. The van der Waals surface area contributed by atoms with Crippen molar-refractivity contribution in [3.63, 3.8) is 0 Å². The molecule has 0 fully saturated rings. The zero-order valence-corrected chi connectivity index (χ0v) is 12.9. The predicted octanol–water partition coefficient (Wildman–Crippen LogP) is 4.68. The van der Waals surface area contributed by atoms with E-state index in [9.17, 15) is 9.18 Å². The van der Waals surface area contributed by atoms with Crippen molar-refractivity contribution in [1.82, 2.24) is 5.32 Å². The third-order valence-electron chi connectivity index (χ3n) is 2.99. The van der Waals surface area contributed by atoms with Crippen molar-refractivity contribution in [2.24, 2.45) is 0 Å². The van der Waals surface area contributed by atoms with Crippen molar-refractivity contribution in [3.8, 4) is 0 Å². The molecule has 19 heavy (non-hydrogen) atoms. The summed E-state index contributed by atoms with van der Waals surface area (Å²) in [7, 11) is 0. The Labute approximate surface area is 122 Å². The van der Waals surface area contributed by atoms with Gasteiger partial charge in [-0.3, -0.25) is 4.79 Å². The van der Waals surface area contributed by atoms with Crippen LogP contribution in [-0.2, 0) is 0 Å². The molecule has 2 nitrogen and oxygen atoms in total. The summed E-state index contributed by atoms with van der Waals surface area (Å²) >= 11 is 3.24. The molecule has 0 aliphatic carbocycles. The highest BCUT2D eigenvalue weighted by Gasteiger charge is 2.11. The molecule has 0 heterocycles. The number of nitrogens with one attached hydrogen (secondary N) is 1. The first-order chi connectivity index (χ1) is 9.15. The molecule has 1 amide bonds. The molecule has 0 aliphatic heterocycles. The van der Waals surface area contributed by atoms with Crippen molar-refractivity contribution < 1.29 is 9.18 Å². The van der Waals surface area contributed by atoms with Crippen LogP contribution in [0.3, 0.4) is 0 Å². The minimum Gasteiger partial charge on any atom is -0.352 e. The minimum atomic E-state index is -0.483. The van der Waals surface area contributed by atoms with Gasteiger partial charge in [-0.15, -0.1) is 0 Å². The average molecular weight is 330 g/mol. The molecule has 0 aliphatic rings. The highest BCUT2D eigenvalue weighted by molar-refractivity contribution is 9.10. The monoisotopic (exact) mass is 329 g/mol. The summed E-state index contributed by atoms with van der Waals surface area (Å²) < 4.78 is 14.2. The fourth-order valence-electron chi connectivity index (χ4n) is 1.87. The maximum absolute atomic E-state index is 13.5. The van der Waals surface area contributed by atoms with Crippen LogP contribution < -0.4 is 5.32 Å². The van der Waals surface area contributed by atoms with Crippen LogP contribution >= 0.6 is 15.9 Å². The van der Waals surface area contributed by atoms with Crippen molar-refractivity contribution in [1.29, 1.82) is 0 Å². The standard InChI is InChI=1S/C15H21BrFNO/c1-2-3-4-5-6-7-10-18-15(19)13-11-12(16)8-9-14(13)17/h8-9,11H,2-7,10H2,1H3,(H,18,19). The van der Waals surface area contributed by atoms with Crippen LogP contribution in [-0.4, -0.2) is 12.5 Å². The van der Waals surface area contributed by atoms with Crippen LogP contribution in [0.5, 0.6) is 0 Å². The molecule has 0 spiro atoms. The van der Waals surface area contributed by atoms with Gasteiger partial charge in [0.15, 0.2) is 0 Å². The smallest absolute Gasteiger partial charge is 0.254 e. The predicted molar refractivity (Wildman–Crippen MR) is 79.8 cm³/mol. The number of carbonyl (C=O) groups excluding carboxylic acids is 1. The molecular formula is C15H21BrFNO. The molecule has 1 aromatic rings. The number of hydrogen-bond donors (Lipinski definition) is 1. The van der Waals surface area contributed by atoms with Crippen LogP contribution in [0.15, 0.2) is 22.7 Å². The first-order valence-electron chi connectivity index (χ1n) is 6.88. The van der Waals surface area contributed by atoms with Gasteiger partial charge in [-0.1, -0.05) is 55.0 Å². The normalized spacial score (nSPS) is 10.5. The number of amides is 1. The second-order valence-corrected chi connectivity index (χ2v) is 5.56. The lowest BCUT2D eigenvalue weighted by Crippen LogP contribution is -2.25. The molecule has 0 aromatic heterocycles. The molecule has 0 saturated heterocycles. The molecule has 1 rings (SSSR count). The van der Waals surface area contributed by atoms with Gasteiger partial charge in [0, 0.05) is 11.0 Å². The SMILES string of the molecule is CCCCCCCCNC(=O)c1cc(Br)ccc1F. The van der Waals surface area contributed by atoms with E-state index in [1.165, 1.54) is 37.8 Å². The van der Waals surface area contributed by atoms with Crippen LogP contribution in [0.2, 0.25) is 0 Å². The summed E-state index contributed by atoms with van der Waals surface area (Å²) in [6.07, 6.45) is 7.03. The van der Waals surface area contributed by atoms with Crippen molar-refractivity contribution >= 4 is 21.8 Å². The van der Waals surface area contributed by atoms with Gasteiger partial charge in [-0.2, -0.15) is 0 Å². The summed E-state index contributed by atoms with van der Waals surface area (Å²) in [6.45, 7) is 2.80. The number of unbranched alkanes of at least 4 members (excludes halogenated alkanes) is 5. The molecular weight excluding hydrogens is 309 g/mol. The Morgan fingerprint density at radius 3 is 2.63 bits per heavy atom. The van der Waals surface area contributed by atoms with Crippen LogP contribution in [0.1, 0.15) is 55.8 Å². The maximum atomic E-state index is 13.5. The van der Waals surface area contributed by atoms with E-state index >= 15 is 0 Å². The Kier molecular flexibility index (Phi) is 7.72. The molecule has 1 N–H and O–H groups in total. The van der Waals surface area contributed by atoms with Crippen LogP contribution in [0.4, 0.5) is 4.39 Å². The Morgan fingerprint density at radius 1 is 1.21 bits per heavy atom. The van der Waals surface area contributed by atoms with Gasteiger partial charge in [-0.05, 0) is 24.6 Å². The summed E-state index contributed by atoms with van der Waals surface area (Å²) in [4.78, 5) is 11.8. The lowest BCUT2D eigenvalue weighted by Gasteiger charge is -2.06. The van der Waals surface area contributed by atoms with Gasteiger partial charge in [0.1, 0.15) is 5.82 Å². The second kappa shape index (κ2) is 9.08. The van der Waals surface area contributed by atoms with E-state index in [2.05, 4.69) is 28.2 Å². The van der Waals surface area contributed by atoms with E-state index in [4.69, 9.17) is 0 Å². The third-order valence-corrected chi connectivity index (χ3v) is 3.48. The molecule has 106 valence electrons. The maximum Gasteiger partial charge on any atom is 0.254 e. The fraction of sp³-hybridized carbons (Fsp3) is 0.533. The summed E-state index contributed by atoms with van der Waals surface area (Å²) in [5, 5.41) is 2.76. The fourth-order valence-corrected chi connectivity index (χ4v) is 2.24. The van der Waals surface area contributed by atoms with Gasteiger partial charge in [0.2, 0.25) is 0 Å². The van der Waals surface area contributed by atoms with E-state index < -0.39 is 5.82 Å². The molecule has 0 radical (unpaired) electrons. The van der Waals surface area contributed by atoms with E-state index in [1.54, 1.807) is 6.07 Å². The Balaban J connectivity index is 2.26. The zero-order valence-electron chi connectivity index (χ0n) is 11.3. The summed E-state index contributed by atoms with van der Waals surface area (Å²) in [6, 6.07) is 4.38. The van der Waals surface area contributed by atoms with Gasteiger partial charge in [0.25, 0.3) is 5.91 Å². The molecule has 0 unspecified atom stereocenters. The Morgan fingerprint density at radius 2 is 1.89 bits per heavy atom. The number of rotatable bonds is 8. The van der Waals surface area contributed by atoms with E-state index in [0.29, 0.717) is 11.0 Å². The van der Waals surface area contributed by atoms with Crippen molar-refractivity contribution in [3.05, 3.63) is 34.1 Å².